The average molecular weight is 468 g/mol. The lowest BCUT2D eigenvalue weighted by molar-refractivity contribution is -0.130. The van der Waals surface area contributed by atoms with E-state index >= 15 is 0 Å². The van der Waals surface area contributed by atoms with Gasteiger partial charge < -0.3 is 9.80 Å². The molecule has 1 amide bonds. The number of hydrogen-bond donors (Lipinski definition) is 0. The maximum atomic E-state index is 13.0. The fourth-order valence-electron chi connectivity index (χ4n) is 6.41. The Morgan fingerprint density at radius 3 is 2.29 bits per heavy atom. The summed E-state index contributed by atoms with van der Waals surface area (Å²) in [5.74, 6) is 0.244. The quantitative estimate of drug-likeness (QED) is 0.536. The normalized spacial score (nSPS) is 19.7. The first-order valence-corrected chi connectivity index (χ1v) is 13.6. The number of hydrogen-bond acceptors (Lipinski definition) is 3. The molecule has 35 heavy (non-hydrogen) atoms. The Kier molecular flexibility index (Phi) is 6.47. The van der Waals surface area contributed by atoms with Crippen molar-refractivity contribution in [2.75, 3.05) is 44.2 Å². The van der Waals surface area contributed by atoms with Crippen molar-refractivity contribution in [1.29, 1.82) is 0 Å². The molecule has 0 atom stereocenters. The monoisotopic (exact) mass is 467 g/mol. The topological polar surface area (TPSA) is 26.8 Å². The molecule has 1 saturated heterocycles. The van der Waals surface area contributed by atoms with E-state index in [0.717, 1.165) is 37.8 Å². The highest BCUT2D eigenvalue weighted by Crippen LogP contribution is 2.28. The van der Waals surface area contributed by atoms with Gasteiger partial charge in [0.1, 0.15) is 0 Å². The van der Waals surface area contributed by atoms with Gasteiger partial charge in [-0.15, -0.1) is 0 Å². The second-order valence-corrected chi connectivity index (χ2v) is 10.7. The highest BCUT2D eigenvalue weighted by molar-refractivity contribution is 5.85. The number of amides is 1. The van der Waals surface area contributed by atoms with Gasteiger partial charge in [0.25, 0.3) is 0 Å². The largest absolute Gasteiger partial charge is 0.368 e. The molecule has 4 heteroatoms. The number of carbonyl (C=O) groups is 1. The number of fused-ring (bicyclic) bond motifs is 2. The van der Waals surface area contributed by atoms with Crippen molar-refractivity contribution >= 4 is 22.4 Å². The first kappa shape index (κ1) is 22.6. The van der Waals surface area contributed by atoms with Crippen LogP contribution in [0.15, 0.2) is 60.7 Å². The molecule has 2 heterocycles. The van der Waals surface area contributed by atoms with Crippen molar-refractivity contribution in [1.82, 2.24) is 9.80 Å². The summed E-state index contributed by atoms with van der Waals surface area (Å²) in [4.78, 5) is 20.3. The van der Waals surface area contributed by atoms with Crippen LogP contribution >= 0.6 is 0 Å². The first-order chi connectivity index (χ1) is 17.2. The van der Waals surface area contributed by atoms with Crippen LogP contribution in [0.1, 0.15) is 42.4 Å². The third-order valence-electron chi connectivity index (χ3n) is 8.53. The van der Waals surface area contributed by atoms with Gasteiger partial charge in [-0.05, 0) is 65.3 Å². The van der Waals surface area contributed by atoms with E-state index in [2.05, 4.69) is 75.4 Å². The van der Waals surface area contributed by atoms with Crippen LogP contribution in [0.2, 0.25) is 0 Å². The summed E-state index contributed by atoms with van der Waals surface area (Å²) >= 11 is 0. The minimum atomic E-state index is 0.244. The molecule has 1 saturated carbocycles. The SMILES string of the molecule is O=C(Cc1ccc2ccccc2c1)N1CCN(c2ccc3c(c2)CCN(C2CCCC2)CC3)CC1. The summed E-state index contributed by atoms with van der Waals surface area (Å²) in [5, 5.41) is 2.43. The molecule has 0 spiro atoms. The number of piperazine rings is 1. The molecule has 2 aliphatic heterocycles. The van der Waals surface area contributed by atoms with E-state index in [-0.39, 0.29) is 5.91 Å². The van der Waals surface area contributed by atoms with Crippen molar-refractivity contribution in [3.8, 4) is 0 Å². The number of carbonyl (C=O) groups excluding carboxylic acids is 1. The van der Waals surface area contributed by atoms with Gasteiger partial charge in [-0.3, -0.25) is 9.69 Å². The van der Waals surface area contributed by atoms with Crippen molar-refractivity contribution in [2.24, 2.45) is 0 Å². The Bertz CT molecular complexity index is 1190. The van der Waals surface area contributed by atoms with Crippen LogP contribution in [0.4, 0.5) is 5.69 Å². The smallest absolute Gasteiger partial charge is 0.227 e. The van der Waals surface area contributed by atoms with E-state index in [4.69, 9.17) is 0 Å². The molecule has 0 radical (unpaired) electrons. The highest BCUT2D eigenvalue weighted by atomic mass is 16.2. The molecule has 3 aliphatic rings. The number of nitrogens with zero attached hydrogens (tertiary/aromatic N) is 3. The van der Waals surface area contributed by atoms with Crippen molar-refractivity contribution in [3.63, 3.8) is 0 Å². The van der Waals surface area contributed by atoms with Gasteiger partial charge in [0.2, 0.25) is 5.91 Å². The molecular weight excluding hydrogens is 430 g/mol. The number of anilines is 1. The predicted octanol–water partition coefficient (Wildman–Crippen LogP) is 5.07. The standard InChI is InChI=1S/C31H37N3O/c35-31(22-24-9-10-25-5-1-2-6-27(25)21-24)34-19-17-33(18-20-34)30-12-11-26-13-15-32(16-14-28(26)23-30)29-7-3-4-8-29/h1-2,5-6,9-12,21,23,29H,3-4,7-8,13-20,22H2. The summed E-state index contributed by atoms with van der Waals surface area (Å²) in [6, 6.07) is 22.7. The summed E-state index contributed by atoms with van der Waals surface area (Å²) in [6.07, 6.45) is 8.45. The lowest BCUT2D eigenvalue weighted by Gasteiger charge is -2.36. The zero-order valence-electron chi connectivity index (χ0n) is 20.8. The van der Waals surface area contributed by atoms with Crippen molar-refractivity contribution < 1.29 is 4.79 Å². The van der Waals surface area contributed by atoms with E-state index in [1.165, 1.54) is 73.6 Å². The van der Waals surface area contributed by atoms with Gasteiger partial charge in [-0.1, -0.05) is 61.4 Å². The van der Waals surface area contributed by atoms with E-state index in [9.17, 15) is 4.79 Å². The second kappa shape index (κ2) is 10.0. The van der Waals surface area contributed by atoms with E-state index < -0.39 is 0 Å². The van der Waals surface area contributed by atoms with Gasteiger partial charge in [0, 0.05) is 51.0 Å². The lowest BCUT2D eigenvalue weighted by Crippen LogP contribution is -2.49. The molecule has 0 N–H and O–H groups in total. The van der Waals surface area contributed by atoms with Gasteiger partial charge in [-0.25, -0.2) is 0 Å². The molecule has 3 aromatic rings. The Balaban J connectivity index is 1.05. The van der Waals surface area contributed by atoms with E-state index in [1.807, 2.05) is 0 Å². The zero-order valence-corrected chi connectivity index (χ0v) is 20.8. The molecule has 182 valence electrons. The van der Waals surface area contributed by atoms with Gasteiger partial charge >= 0.3 is 0 Å². The fraction of sp³-hybridized carbons (Fsp3) is 0.452. The first-order valence-electron chi connectivity index (χ1n) is 13.6. The molecule has 0 unspecified atom stereocenters. The molecule has 3 aromatic carbocycles. The summed E-state index contributed by atoms with van der Waals surface area (Å²) in [6.45, 7) is 5.86. The van der Waals surface area contributed by atoms with Crippen LogP contribution in [0.3, 0.4) is 0 Å². The van der Waals surface area contributed by atoms with Crippen molar-refractivity contribution in [3.05, 3.63) is 77.4 Å². The van der Waals surface area contributed by atoms with Gasteiger partial charge in [-0.2, -0.15) is 0 Å². The highest BCUT2D eigenvalue weighted by Gasteiger charge is 2.26. The molecular formula is C31H37N3O. The Hall–Kier alpha value is -2.85. The van der Waals surface area contributed by atoms with Crippen molar-refractivity contribution in [2.45, 2.75) is 51.0 Å². The molecule has 0 aromatic heterocycles. The molecule has 1 aliphatic carbocycles. The molecule has 2 fully saturated rings. The van der Waals surface area contributed by atoms with Crippen LogP contribution in [0.25, 0.3) is 10.8 Å². The third-order valence-corrected chi connectivity index (χ3v) is 8.53. The van der Waals surface area contributed by atoms with Crippen LogP contribution < -0.4 is 4.90 Å². The number of rotatable bonds is 4. The minimum Gasteiger partial charge on any atom is -0.368 e. The van der Waals surface area contributed by atoms with Gasteiger partial charge in [0.05, 0.1) is 6.42 Å². The van der Waals surface area contributed by atoms with Crippen LogP contribution in [-0.2, 0) is 24.1 Å². The predicted molar refractivity (Wildman–Crippen MR) is 144 cm³/mol. The Morgan fingerprint density at radius 1 is 0.743 bits per heavy atom. The van der Waals surface area contributed by atoms with Crippen LogP contribution in [-0.4, -0.2) is 61.0 Å². The second-order valence-electron chi connectivity index (χ2n) is 10.7. The Labute approximate surface area is 209 Å². The summed E-state index contributed by atoms with van der Waals surface area (Å²) < 4.78 is 0. The van der Waals surface area contributed by atoms with E-state index in [1.54, 1.807) is 5.56 Å². The zero-order chi connectivity index (χ0) is 23.6. The van der Waals surface area contributed by atoms with E-state index in [0.29, 0.717) is 6.42 Å². The molecule has 4 nitrogen and oxygen atoms in total. The molecule has 6 rings (SSSR count). The summed E-state index contributed by atoms with van der Waals surface area (Å²) in [5.41, 5.74) is 5.52. The average Bonchev–Trinajstić information content (AvgIpc) is 3.36. The summed E-state index contributed by atoms with van der Waals surface area (Å²) in [7, 11) is 0. The van der Waals surface area contributed by atoms with Crippen LogP contribution in [0, 0.1) is 0 Å². The Morgan fingerprint density at radius 2 is 1.49 bits per heavy atom. The fourth-order valence-corrected chi connectivity index (χ4v) is 6.41. The van der Waals surface area contributed by atoms with Crippen LogP contribution in [0.5, 0.6) is 0 Å². The third kappa shape index (κ3) is 4.95. The van der Waals surface area contributed by atoms with Gasteiger partial charge in [0.15, 0.2) is 0 Å². The number of benzene rings is 3. The molecule has 0 bridgehead atoms. The minimum absolute atomic E-state index is 0.244. The lowest BCUT2D eigenvalue weighted by atomic mass is 10.0. The maximum absolute atomic E-state index is 13.0. The maximum Gasteiger partial charge on any atom is 0.227 e.